The van der Waals surface area contributed by atoms with E-state index >= 15 is 0 Å². The molecule has 0 saturated carbocycles. The molecule has 20 heavy (non-hydrogen) atoms. The van der Waals surface area contributed by atoms with Crippen molar-refractivity contribution in [2.24, 2.45) is 0 Å². The molecular formula is C17H27ClN2. The Morgan fingerprint density at radius 3 is 2.85 bits per heavy atom. The van der Waals surface area contributed by atoms with Gasteiger partial charge in [-0.15, -0.1) is 0 Å². The van der Waals surface area contributed by atoms with Crippen LogP contribution in [0.3, 0.4) is 0 Å². The van der Waals surface area contributed by atoms with Gasteiger partial charge in [-0.1, -0.05) is 42.6 Å². The molecule has 3 atom stereocenters. The maximum Gasteiger partial charge on any atom is 0.0453 e. The highest BCUT2D eigenvalue weighted by Crippen LogP contribution is 2.23. The van der Waals surface area contributed by atoms with Crippen LogP contribution < -0.4 is 10.6 Å². The third kappa shape index (κ3) is 4.76. The Kier molecular flexibility index (Phi) is 6.34. The van der Waals surface area contributed by atoms with Gasteiger partial charge >= 0.3 is 0 Å². The molecule has 1 aliphatic heterocycles. The second-order valence-corrected chi connectivity index (χ2v) is 6.45. The Morgan fingerprint density at radius 2 is 2.05 bits per heavy atom. The van der Waals surface area contributed by atoms with Crippen molar-refractivity contribution in [1.82, 2.24) is 10.6 Å². The Hall–Kier alpha value is -0.570. The van der Waals surface area contributed by atoms with Crippen LogP contribution in [0.15, 0.2) is 24.3 Å². The first-order chi connectivity index (χ1) is 9.66. The predicted octanol–water partition coefficient (Wildman–Crippen LogP) is 4.30. The van der Waals surface area contributed by atoms with E-state index in [0.29, 0.717) is 18.1 Å². The highest BCUT2D eigenvalue weighted by molar-refractivity contribution is 6.31. The summed E-state index contributed by atoms with van der Waals surface area (Å²) in [4.78, 5) is 0. The molecule has 0 aromatic heterocycles. The molecule has 2 unspecified atom stereocenters. The van der Waals surface area contributed by atoms with Gasteiger partial charge in [-0.3, -0.25) is 0 Å². The highest BCUT2D eigenvalue weighted by atomic mass is 35.5. The van der Waals surface area contributed by atoms with Gasteiger partial charge in [0, 0.05) is 23.1 Å². The molecule has 1 heterocycles. The van der Waals surface area contributed by atoms with Crippen LogP contribution in [-0.4, -0.2) is 18.6 Å². The summed E-state index contributed by atoms with van der Waals surface area (Å²) in [7, 11) is 0. The van der Waals surface area contributed by atoms with Gasteiger partial charge in [-0.2, -0.15) is 0 Å². The third-order valence-corrected chi connectivity index (χ3v) is 4.55. The van der Waals surface area contributed by atoms with Gasteiger partial charge in [-0.05, 0) is 51.3 Å². The molecule has 0 spiro atoms. The van der Waals surface area contributed by atoms with Crippen molar-refractivity contribution < 1.29 is 0 Å². The molecular weight excluding hydrogens is 268 g/mol. The number of nitrogens with one attached hydrogen (secondary N) is 2. The molecule has 0 radical (unpaired) electrons. The van der Waals surface area contributed by atoms with Gasteiger partial charge in [0.2, 0.25) is 0 Å². The zero-order valence-corrected chi connectivity index (χ0v) is 13.4. The molecule has 2 N–H and O–H groups in total. The van der Waals surface area contributed by atoms with Crippen molar-refractivity contribution in [2.45, 2.75) is 64.1 Å². The van der Waals surface area contributed by atoms with Crippen LogP contribution >= 0.6 is 11.6 Å². The molecule has 0 aliphatic carbocycles. The first-order valence-electron chi connectivity index (χ1n) is 7.90. The summed E-state index contributed by atoms with van der Waals surface area (Å²) in [6.07, 6.45) is 6.57. The number of hydrogen-bond donors (Lipinski definition) is 2. The van der Waals surface area contributed by atoms with Gasteiger partial charge < -0.3 is 10.6 Å². The summed E-state index contributed by atoms with van der Waals surface area (Å²) < 4.78 is 0. The molecule has 112 valence electrons. The van der Waals surface area contributed by atoms with Crippen LogP contribution in [0, 0.1) is 0 Å². The molecule has 1 aromatic rings. The Balaban J connectivity index is 1.84. The molecule has 3 heteroatoms. The van der Waals surface area contributed by atoms with Crippen molar-refractivity contribution in [3.63, 3.8) is 0 Å². The molecule has 1 fully saturated rings. The lowest BCUT2D eigenvalue weighted by Crippen LogP contribution is -2.37. The van der Waals surface area contributed by atoms with Crippen LogP contribution in [0.1, 0.15) is 57.6 Å². The summed E-state index contributed by atoms with van der Waals surface area (Å²) in [6, 6.07) is 9.57. The predicted molar refractivity (Wildman–Crippen MR) is 87.3 cm³/mol. The molecule has 0 amide bonds. The van der Waals surface area contributed by atoms with E-state index < -0.39 is 0 Å². The molecule has 0 bridgehead atoms. The normalized spacial score (nSPS) is 23.1. The maximum absolute atomic E-state index is 6.26. The van der Waals surface area contributed by atoms with Crippen LogP contribution in [0.2, 0.25) is 5.02 Å². The van der Waals surface area contributed by atoms with Crippen molar-refractivity contribution in [3.8, 4) is 0 Å². The van der Waals surface area contributed by atoms with Gasteiger partial charge in [0.05, 0.1) is 0 Å². The van der Waals surface area contributed by atoms with E-state index in [-0.39, 0.29) is 0 Å². The lowest BCUT2D eigenvalue weighted by molar-refractivity contribution is 0.380. The summed E-state index contributed by atoms with van der Waals surface area (Å²) in [5, 5.41) is 8.21. The van der Waals surface area contributed by atoms with Crippen LogP contribution in [0.4, 0.5) is 0 Å². The molecule has 1 aromatic carbocycles. The largest absolute Gasteiger partial charge is 0.314 e. The lowest BCUT2D eigenvalue weighted by atomic mass is 10.0. The van der Waals surface area contributed by atoms with Crippen molar-refractivity contribution in [1.29, 1.82) is 0 Å². The summed E-state index contributed by atoms with van der Waals surface area (Å²) in [5.74, 6) is 0. The van der Waals surface area contributed by atoms with Crippen LogP contribution in [0.25, 0.3) is 0 Å². The minimum Gasteiger partial charge on any atom is -0.314 e. The fourth-order valence-electron chi connectivity index (χ4n) is 3.14. The monoisotopic (exact) mass is 294 g/mol. The quantitative estimate of drug-likeness (QED) is 0.846. The van der Waals surface area contributed by atoms with E-state index in [1.165, 1.54) is 44.2 Å². The van der Waals surface area contributed by atoms with E-state index in [0.717, 1.165) is 5.02 Å². The SMILES string of the molecule is CC(CC1CCCCCN1)N[C@@H](C)c1ccccc1Cl. The van der Waals surface area contributed by atoms with Crippen molar-refractivity contribution in [2.75, 3.05) is 6.54 Å². The summed E-state index contributed by atoms with van der Waals surface area (Å²) in [5.41, 5.74) is 1.19. The first-order valence-corrected chi connectivity index (χ1v) is 8.28. The Bertz CT molecular complexity index is 400. The van der Waals surface area contributed by atoms with Gasteiger partial charge in [-0.25, -0.2) is 0 Å². The minimum atomic E-state index is 0.296. The maximum atomic E-state index is 6.26. The van der Waals surface area contributed by atoms with Gasteiger partial charge in [0.15, 0.2) is 0 Å². The molecule has 2 nitrogen and oxygen atoms in total. The average Bonchev–Trinajstić information content (AvgIpc) is 2.67. The Labute approximate surface area is 128 Å². The summed E-state index contributed by atoms with van der Waals surface area (Å²) in [6.45, 7) is 5.65. The number of halogens is 1. The molecule has 2 rings (SSSR count). The average molecular weight is 295 g/mol. The summed E-state index contributed by atoms with van der Waals surface area (Å²) >= 11 is 6.26. The fraction of sp³-hybridized carbons (Fsp3) is 0.647. The smallest absolute Gasteiger partial charge is 0.0453 e. The topological polar surface area (TPSA) is 24.1 Å². The van der Waals surface area contributed by atoms with Crippen molar-refractivity contribution >= 4 is 11.6 Å². The second-order valence-electron chi connectivity index (χ2n) is 6.05. The lowest BCUT2D eigenvalue weighted by Gasteiger charge is -2.25. The minimum absolute atomic E-state index is 0.296. The van der Waals surface area contributed by atoms with E-state index in [4.69, 9.17) is 11.6 Å². The number of hydrogen-bond acceptors (Lipinski definition) is 2. The van der Waals surface area contributed by atoms with Gasteiger partial charge in [0.25, 0.3) is 0 Å². The number of rotatable bonds is 5. The van der Waals surface area contributed by atoms with Crippen LogP contribution in [0.5, 0.6) is 0 Å². The van der Waals surface area contributed by atoms with Gasteiger partial charge in [0.1, 0.15) is 0 Å². The molecule has 1 aliphatic rings. The van der Waals surface area contributed by atoms with E-state index in [1.807, 2.05) is 12.1 Å². The van der Waals surface area contributed by atoms with E-state index in [1.54, 1.807) is 0 Å². The number of benzene rings is 1. The van der Waals surface area contributed by atoms with E-state index in [9.17, 15) is 0 Å². The van der Waals surface area contributed by atoms with E-state index in [2.05, 4.69) is 36.6 Å². The highest BCUT2D eigenvalue weighted by Gasteiger charge is 2.17. The fourth-order valence-corrected chi connectivity index (χ4v) is 3.44. The standard InChI is InChI=1S/C17H27ClN2/c1-13(12-15-8-4-3-7-11-19-15)20-14(2)16-9-5-6-10-17(16)18/h5-6,9-10,13-15,19-20H,3-4,7-8,11-12H2,1-2H3/t13?,14-,15?/m0/s1. The zero-order valence-electron chi connectivity index (χ0n) is 12.7. The van der Waals surface area contributed by atoms with Crippen LogP contribution in [-0.2, 0) is 0 Å². The first kappa shape index (κ1) is 15.8. The molecule has 1 saturated heterocycles. The third-order valence-electron chi connectivity index (χ3n) is 4.21. The van der Waals surface area contributed by atoms with Crippen molar-refractivity contribution in [3.05, 3.63) is 34.9 Å². The zero-order chi connectivity index (χ0) is 14.4. The Morgan fingerprint density at radius 1 is 1.25 bits per heavy atom. The second kappa shape index (κ2) is 8.02.